The van der Waals surface area contributed by atoms with Gasteiger partial charge >= 0.3 is 0 Å². The van der Waals surface area contributed by atoms with Crippen LogP contribution in [-0.2, 0) is 6.54 Å². The fourth-order valence-electron chi connectivity index (χ4n) is 1.83. The van der Waals surface area contributed by atoms with E-state index in [0.717, 1.165) is 29.1 Å². The van der Waals surface area contributed by atoms with Gasteiger partial charge in [-0.25, -0.2) is 0 Å². The zero-order valence-electron chi connectivity index (χ0n) is 12.0. The van der Waals surface area contributed by atoms with E-state index in [1.54, 1.807) is 14.2 Å². The number of hydrogen-bond donors (Lipinski definition) is 1. The van der Waals surface area contributed by atoms with Crippen LogP contribution in [0.15, 0.2) is 16.6 Å². The molecule has 5 heteroatoms. The first-order valence-corrected chi connectivity index (χ1v) is 8.41. The summed E-state index contributed by atoms with van der Waals surface area (Å²) < 4.78 is 11.6. The SMILES string of the molecule is COc1cc(Br)c(CNCC(C)CSC)cc1OC. The third-order valence-electron chi connectivity index (χ3n) is 2.81. The highest BCUT2D eigenvalue weighted by Gasteiger charge is 2.09. The van der Waals surface area contributed by atoms with Crippen LogP contribution in [0.25, 0.3) is 0 Å². The first-order valence-electron chi connectivity index (χ1n) is 6.22. The van der Waals surface area contributed by atoms with Gasteiger partial charge in [-0.3, -0.25) is 0 Å². The fourth-order valence-corrected chi connectivity index (χ4v) is 2.98. The van der Waals surface area contributed by atoms with Gasteiger partial charge in [0, 0.05) is 11.0 Å². The summed E-state index contributed by atoms with van der Waals surface area (Å²) in [6.45, 7) is 4.09. The highest BCUT2D eigenvalue weighted by atomic mass is 79.9. The molecule has 1 rings (SSSR count). The molecule has 108 valence electrons. The lowest BCUT2D eigenvalue weighted by molar-refractivity contribution is 0.354. The third-order valence-corrected chi connectivity index (χ3v) is 4.45. The number of thioether (sulfide) groups is 1. The van der Waals surface area contributed by atoms with E-state index in [0.29, 0.717) is 5.92 Å². The molecule has 0 aliphatic heterocycles. The topological polar surface area (TPSA) is 30.5 Å². The number of halogens is 1. The van der Waals surface area contributed by atoms with Crippen molar-refractivity contribution >= 4 is 27.7 Å². The lowest BCUT2D eigenvalue weighted by Gasteiger charge is -2.14. The first kappa shape index (κ1) is 16.7. The van der Waals surface area contributed by atoms with Gasteiger partial charge in [-0.15, -0.1) is 0 Å². The third kappa shape index (κ3) is 5.24. The van der Waals surface area contributed by atoms with E-state index >= 15 is 0 Å². The highest BCUT2D eigenvalue weighted by Crippen LogP contribution is 2.33. The Bertz CT molecular complexity index is 401. The largest absolute Gasteiger partial charge is 0.493 e. The summed E-state index contributed by atoms with van der Waals surface area (Å²) in [6, 6.07) is 3.95. The summed E-state index contributed by atoms with van der Waals surface area (Å²) in [5, 5.41) is 3.48. The standard InChI is InChI=1S/C14H22BrNO2S/c1-10(9-19-4)7-16-8-11-5-13(17-2)14(18-3)6-12(11)15/h5-6,10,16H,7-9H2,1-4H3. The molecular formula is C14H22BrNO2S. The van der Waals surface area contributed by atoms with Crippen LogP contribution in [0.2, 0.25) is 0 Å². The molecule has 1 N–H and O–H groups in total. The average Bonchev–Trinajstić information content (AvgIpc) is 2.40. The van der Waals surface area contributed by atoms with Gasteiger partial charge in [0.1, 0.15) is 0 Å². The molecular weight excluding hydrogens is 326 g/mol. The Morgan fingerprint density at radius 2 is 1.89 bits per heavy atom. The van der Waals surface area contributed by atoms with Crippen LogP contribution in [-0.4, -0.2) is 32.8 Å². The molecule has 1 aromatic rings. The van der Waals surface area contributed by atoms with E-state index in [1.807, 2.05) is 23.9 Å². The van der Waals surface area contributed by atoms with Crippen LogP contribution in [0.5, 0.6) is 11.5 Å². The molecule has 1 unspecified atom stereocenters. The maximum atomic E-state index is 5.32. The molecule has 1 aromatic carbocycles. The van der Waals surface area contributed by atoms with Crippen molar-refractivity contribution in [3.63, 3.8) is 0 Å². The van der Waals surface area contributed by atoms with Crippen molar-refractivity contribution in [2.24, 2.45) is 5.92 Å². The van der Waals surface area contributed by atoms with Crippen molar-refractivity contribution < 1.29 is 9.47 Å². The van der Waals surface area contributed by atoms with E-state index in [1.165, 1.54) is 11.3 Å². The summed E-state index contributed by atoms with van der Waals surface area (Å²) in [6.07, 6.45) is 2.14. The van der Waals surface area contributed by atoms with E-state index in [4.69, 9.17) is 9.47 Å². The van der Waals surface area contributed by atoms with Crippen LogP contribution in [0.3, 0.4) is 0 Å². The van der Waals surface area contributed by atoms with Gasteiger partial charge < -0.3 is 14.8 Å². The Labute approximate surface area is 128 Å². The van der Waals surface area contributed by atoms with Gasteiger partial charge in [0.15, 0.2) is 11.5 Å². The van der Waals surface area contributed by atoms with Crippen LogP contribution in [0.1, 0.15) is 12.5 Å². The number of methoxy groups -OCH3 is 2. The first-order chi connectivity index (χ1) is 9.12. The van der Waals surface area contributed by atoms with Gasteiger partial charge in [-0.1, -0.05) is 22.9 Å². The van der Waals surface area contributed by atoms with Crippen molar-refractivity contribution in [2.75, 3.05) is 32.8 Å². The minimum atomic E-state index is 0.675. The van der Waals surface area contributed by atoms with Crippen LogP contribution < -0.4 is 14.8 Å². The van der Waals surface area contributed by atoms with Crippen LogP contribution >= 0.6 is 27.7 Å². The molecule has 1 atom stereocenters. The summed E-state index contributed by atoms with van der Waals surface area (Å²) in [5.74, 6) is 3.36. The molecule has 0 aliphatic carbocycles. The zero-order valence-corrected chi connectivity index (χ0v) is 14.4. The van der Waals surface area contributed by atoms with E-state index in [2.05, 4.69) is 34.4 Å². The second-order valence-electron chi connectivity index (χ2n) is 4.49. The number of hydrogen-bond acceptors (Lipinski definition) is 4. The van der Waals surface area contributed by atoms with Gasteiger partial charge in [-0.2, -0.15) is 11.8 Å². The molecule has 0 aliphatic rings. The molecule has 0 aromatic heterocycles. The molecule has 0 heterocycles. The molecule has 3 nitrogen and oxygen atoms in total. The van der Waals surface area contributed by atoms with Gasteiger partial charge in [0.25, 0.3) is 0 Å². The second kappa shape index (κ2) is 8.72. The Morgan fingerprint density at radius 1 is 1.26 bits per heavy atom. The Balaban J connectivity index is 2.63. The van der Waals surface area contributed by atoms with E-state index < -0.39 is 0 Å². The quantitative estimate of drug-likeness (QED) is 0.778. The summed E-state index contributed by atoms with van der Waals surface area (Å²) in [5.41, 5.74) is 1.18. The van der Waals surface area contributed by atoms with Crippen molar-refractivity contribution in [1.29, 1.82) is 0 Å². The van der Waals surface area contributed by atoms with Gasteiger partial charge in [0.2, 0.25) is 0 Å². The molecule has 0 amide bonds. The number of nitrogens with one attached hydrogen (secondary N) is 1. The smallest absolute Gasteiger partial charge is 0.161 e. The summed E-state index contributed by atoms with van der Waals surface area (Å²) in [7, 11) is 3.30. The zero-order chi connectivity index (χ0) is 14.3. The van der Waals surface area contributed by atoms with Gasteiger partial charge in [-0.05, 0) is 42.2 Å². The number of ether oxygens (including phenoxy) is 2. The molecule has 19 heavy (non-hydrogen) atoms. The van der Waals surface area contributed by atoms with E-state index in [9.17, 15) is 0 Å². The maximum absolute atomic E-state index is 5.32. The minimum Gasteiger partial charge on any atom is -0.493 e. The van der Waals surface area contributed by atoms with Crippen LogP contribution in [0, 0.1) is 5.92 Å². The summed E-state index contributed by atoms with van der Waals surface area (Å²) in [4.78, 5) is 0. The van der Waals surface area contributed by atoms with Crippen LogP contribution in [0.4, 0.5) is 0 Å². The van der Waals surface area contributed by atoms with Crippen molar-refractivity contribution in [2.45, 2.75) is 13.5 Å². The Kier molecular flexibility index (Phi) is 7.64. The molecule has 0 saturated carbocycles. The lowest BCUT2D eigenvalue weighted by Crippen LogP contribution is -2.22. The molecule has 0 radical (unpaired) electrons. The number of benzene rings is 1. The van der Waals surface area contributed by atoms with Crippen molar-refractivity contribution in [3.05, 3.63) is 22.2 Å². The predicted octanol–water partition coefficient (Wildman–Crippen LogP) is 3.56. The monoisotopic (exact) mass is 347 g/mol. The van der Waals surface area contributed by atoms with Crippen molar-refractivity contribution in [1.82, 2.24) is 5.32 Å². The molecule has 0 fully saturated rings. The fraction of sp³-hybridized carbons (Fsp3) is 0.571. The predicted molar refractivity (Wildman–Crippen MR) is 86.5 cm³/mol. The normalized spacial score (nSPS) is 12.3. The molecule has 0 spiro atoms. The maximum Gasteiger partial charge on any atom is 0.161 e. The van der Waals surface area contributed by atoms with Gasteiger partial charge in [0.05, 0.1) is 14.2 Å². The number of rotatable bonds is 8. The summed E-state index contributed by atoms with van der Waals surface area (Å²) >= 11 is 5.45. The minimum absolute atomic E-state index is 0.675. The molecule has 0 bridgehead atoms. The average molecular weight is 348 g/mol. The Morgan fingerprint density at radius 3 is 2.47 bits per heavy atom. The van der Waals surface area contributed by atoms with E-state index in [-0.39, 0.29) is 0 Å². The van der Waals surface area contributed by atoms with Crippen molar-refractivity contribution in [3.8, 4) is 11.5 Å². The highest BCUT2D eigenvalue weighted by molar-refractivity contribution is 9.10. The molecule has 0 saturated heterocycles. The second-order valence-corrected chi connectivity index (χ2v) is 6.26. The lowest BCUT2D eigenvalue weighted by atomic mass is 10.1. The Hall–Kier alpha value is -0.390.